The van der Waals surface area contributed by atoms with Gasteiger partial charge in [-0.25, -0.2) is 4.98 Å². The molecular formula is C14H20N2O. The van der Waals surface area contributed by atoms with Gasteiger partial charge in [-0.3, -0.25) is 0 Å². The maximum Gasteiger partial charge on any atom is 0.212 e. The van der Waals surface area contributed by atoms with Crippen LogP contribution < -0.4 is 10.1 Å². The van der Waals surface area contributed by atoms with Crippen molar-refractivity contribution in [3.05, 3.63) is 23.9 Å². The molecule has 0 bridgehead atoms. The zero-order valence-corrected chi connectivity index (χ0v) is 10.6. The zero-order chi connectivity index (χ0) is 12.5. The lowest BCUT2D eigenvalue weighted by Crippen LogP contribution is -2.31. The molecular weight excluding hydrogens is 212 g/mol. The lowest BCUT2D eigenvalue weighted by molar-refractivity contribution is 0.397. The average molecular weight is 232 g/mol. The van der Waals surface area contributed by atoms with Crippen molar-refractivity contribution in [1.29, 1.82) is 0 Å². The smallest absolute Gasteiger partial charge is 0.212 e. The van der Waals surface area contributed by atoms with Crippen LogP contribution in [0.25, 0.3) is 0 Å². The van der Waals surface area contributed by atoms with Crippen LogP contribution in [0.1, 0.15) is 25.3 Å². The first-order valence-corrected chi connectivity index (χ1v) is 5.96. The van der Waals surface area contributed by atoms with Gasteiger partial charge >= 0.3 is 0 Å². The van der Waals surface area contributed by atoms with Gasteiger partial charge in [-0.2, -0.15) is 0 Å². The summed E-state index contributed by atoms with van der Waals surface area (Å²) in [5.74, 6) is 3.35. The Morgan fingerprint density at radius 3 is 2.88 bits per heavy atom. The van der Waals surface area contributed by atoms with Crippen molar-refractivity contribution in [3.8, 4) is 18.2 Å². The molecule has 0 spiro atoms. The lowest BCUT2D eigenvalue weighted by atomic mass is 10.1. The van der Waals surface area contributed by atoms with Gasteiger partial charge in [-0.05, 0) is 24.9 Å². The van der Waals surface area contributed by atoms with E-state index in [0.717, 1.165) is 25.8 Å². The lowest BCUT2D eigenvalue weighted by Gasteiger charge is -2.15. The molecule has 1 unspecified atom stereocenters. The Balaban J connectivity index is 2.55. The summed E-state index contributed by atoms with van der Waals surface area (Å²) in [5.41, 5.74) is 1.18. The molecule has 0 aliphatic carbocycles. The van der Waals surface area contributed by atoms with Gasteiger partial charge in [0.05, 0.1) is 7.11 Å². The molecule has 1 rings (SSSR count). The van der Waals surface area contributed by atoms with Crippen molar-refractivity contribution in [2.45, 2.75) is 32.2 Å². The van der Waals surface area contributed by atoms with E-state index in [2.05, 4.69) is 23.1 Å². The normalized spacial score (nSPS) is 11.8. The molecule has 1 aromatic heterocycles. The van der Waals surface area contributed by atoms with Gasteiger partial charge < -0.3 is 10.1 Å². The number of methoxy groups -OCH3 is 1. The molecule has 0 aromatic carbocycles. The van der Waals surface area contributed by atoms with Crippen molar-refractivity contribution in [2.24, 2.45) is 0 Å². The van der Waals surface area contributed by atoms with Gasteiger partial charge in [0, 0.05) is 24.7 Å². The van der Waals surface area contributed by atoms with Crippen molar-refractivity contribution >= 4 is 0 Å². The first-order chi connectivity index (χ1) is 8.30. The summed E-state index contributed by atoms with van der Waals surface area (Å²) in [7, 11) is 1.62. The van der Waals surface area contributed by atoms with Gasteiger partial charge in [0.15, 0.2) is 0 Å². The van der Waals surface area contributed by atoms with Crippen LogP contribution in [-0.2, 0) is 6.42 Å². The molecule has 3 nitrogen and oxygen atoms in total. The molecule has 1 heterocycles. The van der Waals surface area contributed by atoms with Crippen molar-refractivity contribution in [3.63, 3.8) is 0 Å². The van der Waals surface area contributed by atoms with E-state index in [9.17, 15) is 0 Å². The molecule has 92 valence electrons. The number of aromatic nitrogens is 1. The molecule has 0 aliphatic heterocycles. The molecule has 0 fully saturated rings. The number of rotatable bonds is 7. The molecule has 0 aliphatic rings. The van der Waals surface area contributed by atoms with Crippen molar-refractivity contribution in [1.82, 2.24) is 10.3 Å². The van der Waals surface area contributed by atoms with Crippen LogP contribution in [0.15, 0.2) is 18.3 Å². The van der Waals surface area contributed by atoms with E-state index in [1.807, 2.05) is 18.3 Å². The Kier molecular flexibility index (Phi) is 6.13. The van der Waals surface area contributed by atoms with Crippen LogP contribution in [0.5, 0.6) is 5.88 Å². The highest BCUT2D eigenvalue weighted by molar-refractivity contribution is 5.19. The van der Waals surface area contributed by atoms with E-state index in [1.165, 1.54) is 5.56 Å². The van der Waals surface area contributed by atoms with Crippen LogP contribution in [0.3, 0.4) is 0 Å². The van der Waals surface area contributed by atoms with Crippen LogP contribution in [0.4, 0.5) is 0 Å². The molecule has 17 heavy (non-hydrogen) atoms. The minimum absolute atomic E-state index is 0.329. The van der Waals surface area contributed by atoms with Gasteiger partial charge in [-0.1, -0.05) is 13.0 Å². The number of nitrogens with zero attached hydrogens (tertiary/aromatic N) is 1. The van der Waals surface area contributed by atoms with E-state index < -0.39 is 0 Å². The van der Waals surface area contributed by atoms with Crippen molar-refractivity contribution < 1.29 is 4.74 Å². The summed E-state index contributed by atoms with van der Waals surface area (Å²) in [4.78, 5) is 4.19. The van der Waals surface area contributed by atoms with E-state index in [0.29, 0.717) is 11.9 Å². The number of nitrogens with one attached hydrogen (secondary N) is 1. The first kappa shape index (κ1) is 13.5. The summed E-state index contributed by atoms with van der Waals surface area (Å²) >= 11 is 0. The summed E-state index contributed by atoms with van der Waals surface area (Å²) in [6.07, 6.45) is 9.98. The molecule has 3 heteroatoms. The molecule has 0 amide bonds. The summed E-state index contributed by atoms with van der Waals surface area (Å²) in [6.45, 7) is 3.14. The fraction of sp³-hybridized carbons (Fsp3) is 0.500. The maximum atomic E-state index is 5.37. The van der Waals surface area contributed by atoms with E-state index in [4.69, 9.17) is 11.2 Å². The second-order valence-electron chi connectivity index (χ2n) is 3.97. The number of pyridine rings is 1. The fourth-order valence-electron chi connectivity index (χ4n) is 1.64. The van der Waals surface area contributed by atoms with Crippen LogP contribution in [0, 0.1) is 12.3 Å². The molecule has 0 saturated carbocycles. The predicted molar refractivity (Wildman–Crippen MR) is 70.0 cm³/mol. The number of hydrogen-bond donors (Lipinski definition) is 1. The Morgan fingerprint density at radius 1 is 1.53 bits per heavy atom. The molecule has 1 atom stereocenters. The standard InChI is InChI=1S/C14H20N2O/c1-4-6-13(15-9-5-2)10-12-7-8-14(17-3)16-11-12/h1,7-8,11,13,15H,5-6,9-10H2,2-3H3. The highest BCUT2D eigenvalue weighted by Gasteiger charge is 2.07. The van der Waals surface area contributed by atoms with Gasteiger partial charge in [-0.15, -0.1) is 12.3 Å². The molecule has 1 aromatic rings. The third-order valence-corrected chi connectivity index (χ3v) is 2.54. The molecule has 0 radical (unpaired) electrons. The van der Waals surface area contributed by atoms with Gasteiger partial charge in [0.25, 0.3) is 0 Å². The highest BCUT2D eigenvalue weighted by Crippen LogP contribution is 2.09. The average Bonchev–Trinajstić information content (AvgIpc) is 2.37. The topological polar surface area (TPSA) is 34.1 Å². The van der Waals surface area contributed by atoms with E-state index >= 15 is 0 Å². The SMILES string of the molecule is C#CCC(Cc1ccc(OC)nc1)NCCC. The summed E-state index contributed by atoms with van der Waals surface area (Å²) in [5, 5.41) is 3.45. The van der Waals surface area contributed by atoms with E-state index in [-0.39, 0.29) is 0 Å². The van der Waals surface area contributed by atoms with Crippen LogP contribution in [-0.4, -0.2) is 24.7 Å². The Bertz CT molecular complexity index is 353. The van der Waals surface area contributed by atoms with Crippen LogP contribution in [0.2, 0.25) is 0 Å². The zero-order valence-electron chi connectivity index (χ0n) is 10.6. The quantitative estimate of drug-likeness (QED) is 0.730. The second kappa shape index (κ2) is 7.70. The third-order valence-electron chi connectivity index (χ3n) is 2.54. The summed E-state index contributed by atoms with van der Waals surface area (Å²) < 4.78 is 5.03. The van der Waals surface area contributed by atoms with Crippen molar-refractivity contribution in [2.75, 3.05) is 13.7 Å². The number of terminal acetylenes is 1. The second-order valence-corrected chi connectivity index (χ2v) is 3.97. The largest absolute Gasteiger partial charge is 0.481 e. The number of hydrogen-bond acceptors (Lipinski definition) is 3. The Hall–Kier alpha value is -1.53. The predicted octanol–water partition coefficient (Wildman–Crippen LogP) is 2.02. The first-order valence-electron chi connectivity index (χ1n) is 5.96. The van der Waals surface area contributed by atoms with Gasteiger partial charge in [0.1, 0.15) is 0 Å². The van der Waals surface area contributed by atoms with Gasteiger partial charge in [0.2, 0.25) is 5.88 Å². The molecule has 0 saturated heterocycles. The van der Waals surface area contributed by atoms with E-state index in [1.54, 1.807) is 7.11 Å². The minimum Gasteiger partial charge on any atom is -0.481 e. The highest BCUT2D eigenvalue weighted by atomic mass is 16.5. The fourth-order valence-corrected chi connectivity index (χ4v) is 1.64. The Morgan fingerprint density at radius 2 is 2.35 bits per heavy atom. The monoisotopic (exact) mass is 232 g/mol. The minimum atomic E-state index is 0.329. The molecule has 1 N–H and O–H groups in total. The van der Waals surface area contributed by atoms with Crippen LogP contribution >= 0.6 is 0 Å². The Labute approximate surface area is 104 Å². The summed E-state index contributed by atoms with van der Waals surface area (Å²) in [6, 6.07) is 4.24. The number of ether oxygens (including phenoxy) is 1. The maximum absolute atomic E-state index is 5.37. The third kappa shape index (κ3) is 4.88.